The van der Waals surface area contributed by atoms with Crippen molar-refractivity contribution < 1.29 is 13.2 Å². The molecular formula is C24H33ClN2O3S. The number of nitrogens with one attached hydrogen (secondary N) is 1. The molecule has 2 aromatic carbocycles. The van der Waals surface area contributed by atoms with Gasteiger partial charge >= 0.3 is 0 Å². The molecule has 0 bridgehead atoms. The van der Waals surface area contributed by atoms with Crippen LogP contribution in [0.1, 0.15) is 52.2 Å². The highest BCUT2D eigenvalue weighted by atomic mass is 35.5. The van der Waals surface area contributed by atoms with E-state index in [1.54, 1.807) is 49.4 Å². The summed E-state index contributed by atoms with van der Waals surface area (Å²) in [6.07, 6.45) is 0.746. The lowest BCUT2D eigenvalue weighted by molar-refractivity contribution is -0.121. The van der Waals surface area contributed by atoms with Crippen LogP contribution in [0.25, 0.3) is 0 Å². The molecule has 170 valence electrons. The third-order valence-corrected chi connectivity index (χ3v) is 6.78. The standard InChI is InChI=1S/C24H33ClN2O3S/c1-17-8-11-20(12-9-17)31(29,30)27(21-13-10-19(25)14-18(21)2)15-22(28)26-24(6,7)16-23(3,4)5/h8-14H,15-16H2,1-7H3,(H,26,28). The van der Waals surface area contributed by atoms with Gasteiger partial charge in [-0.2, -0.15) is 0 Å². The Morgan fingerprint density at radius 1 is 1.00 bits per heavy atom. The lowest BCUT2D eigenvalue weighted by Crippen LogP contribution is -2.50. The summed E-state index contributed by atoms with van der Waals surface area (Å²) in [7, 11) is -3.96. The molecule has 2 rings (SSSR count). The maximum Gasteiger partial charge on any atom is 0.264 e. The number of amides is 1. The maximum atomic E-state index is 13.5. The van der Waals surface area contributed by atoms with Crippen LogP contribution in [0.15, 0.2) is 47.4 Å². The van der Waals surface area contributed by atoms with Crippen LogP contribution in [0, 0.1) is 19.3 Å². The van der Waals surface area contributed by atoms with E-state index in [1.807, 2.05) is 20.8 Å². The van der Waals surface area contributed by atoms with Crippen molar-refractivity contribution in [2.75, 3.05) is 10.8 Å². The lowest BCUT2D eigenvalue weighted by Gasteiger charge is -2.34. The largest absolute Gasteiger partial charge is 0.350 e. The van der Waals surface area contributed by atoms with Crippen LogP contribution >= 0.6 is 11.6 Å². The zero-order valence-electron chi connectivity index (χ0n) is 19.4. The molecule has 31 heavy (non-hydrogen) atoms. The second-order valence-corrected chi connectivity index (χ2v) is 12.2. The van der Waals surface area contributed by atoms with Gasteiger partial charge < -0.3 is 5.32 Å². The smallest absolute Gasteiger partial charge is 0.264 e. The monoisotopic (exact) mass is 464 g/mol. The van der Waals surface area contributed by atoms with E-state index in [0.717, 1.165) is 16.3 Å². The van der Waals surface area contributed by atoms with Crippen molar-refractivity contribution in [3.05, 3.63) is 58.6 Å². The summed E-state index contributed by atoms with van der Waals surface area (Å²) in [5, 5.41) is 3.51. The van der Waals surface area contributed by atoms with Crippen LogP contribution in [-0.4, -0.2) is 26.4 Å². The van der Waals surface area contributed by atoms with Crippen LogP contribution in [0.3, 0.4) is 0 Å². The summed E-state index contributed by atoms with van der Waals surface area (Å²) in [6.45, 7) is 13.5. The molecule has 0 radical (unpaired) electrons. The average molecular weight is 465 g/mol. The van der Waals surface area contributed by atoms with Gasteiger partial charge in [-0.15, -0.1) is 0 Å². The summed E-state index contributed by atoms with van der Waals surface area (Å²) in [6, 6.07) is 11.6. The zero-order chi connectivity index (χ0) is 23.6. The van der Waals surface area contributed by atoms with E-state index in [0.29, 0.717) is 16.3 Å². The molecule has 5 nitrogen and oxygen atoms in total. The molecule has 0 saturated carbocycles. The molecule has 0 unspecified atom stereocenters. The van der Waals surface area contributed by atoms with Gasteiger partial charge in [0.15, 0.2) is 0 Å². The van der Waals surface area contributed by atoms with Crippen molar-refractivity contribution in [1.29, 1.82) is 0 Å². The molecular weight excluding hydrogens is 432 g/mol. The quantitative estimate of drug-likeness (QED) is 0.589. The summed E-state index contributed by atoms with van der Waals surface area (Å²) in [5.41, 5.74) is 1.58. The summed E-state index contributed by atoms with van der Waals surface area (Å²) < 4.78 is 28.2. The van der Waals surface area contributed by atoms with E-state index in [9.17, 15) is 13.2 Å². The minimum atomic E-state index is -3.96. The van der Waals surface area contributed by atoms with E-state index in [2.05, 4.69) is 26.1 Å². The number of halogens is 1. The van der Waals surface area contributed by atoms with Gasteiger partial charge in [0.05, 0.1) is 10.6 Å². The van der Waals surface area contributed by atoms with Crippen molar-refractivity contribution >= 4 is 33.2 Å². The topological polar surface area (TPSA) is 66.5 Å². The predicted molar refractivity (Wildman–Crippen MR) is 128 cm³/mol. The number of aryl methyl sites for hydroxylation is 2. The van der Waals surface area contributed by atoms with Gasteiger partial charge in [0, 0.05) is 10.6 Å². The van der Waals surface area contributed by atoms with E-state index in [1.165, 1.54) is 0 Å². The zero-order valence-corrected chi connectivity index (χ0v) is 21.0. The first-order valence-corrected chi connectivity index (χ1v) is 12.1. The van der Waals surface area contributed by atoms with E-state index in [-0.39, 0.29) is 22.8 Å². The Balaban J connectivity index is 2.43. The van der Waals surface area contributed by atoms with Crippen molar-refractivity contribution in [3.8, 4) is 0 Å². The first-order valence-electron chi connectivity index (χ1n) is 10.3. The highest BCUT2D eigenvalue weighted by Gasteiger charge is 2.31. The number of rotatable bonds is 7. The molecule has 0 fully saturated rings. The molecule has 1 amide bonds. The molecule has 0 spiro atoms. The first-order chi connectivity index (χ1) is 14.1. The van der Waals surface area contributed by atoms with Gasteiger partial charge in [-0.1, -0.05) is 50.1 Å². The molecule has 0 atom stereocenters. The minimum absolute atomic E-state index is 0.0111. The molecule has 0 aliphatic carbocycles. The fraction of sp³-hybridized carbons (Fsp3) is 0.458. The van der Waals surface area contributed by atoms with E-state index in [4.69, 9.17) is 11.6 Å². The third-order valence-electron chi connectivity index (χ3n) is 4.77. The number of hydrogen-bond donors (Lipinski definition) is 1. The van der Waals surface area contributed by atoms with Gasteiger partial charge in [-0.25, -0.2) is 8.42 Å². The van der Waals surface area contributed by atoms with Gasteiger partial charge in [-0.05, 0) is 75.4 Å². The van der Waals surface area contributed by atoms with Crippen molar-refractivity contribution in [2.24, 2.45) is 5.41 Å². The number of anilines is 1. The van der Waals surface area contributed by atoms with Gasteiger partial charge in [-0.3, -0.25) is 9.10 Å². The average Bonchev–Trinajstić information content (AvgIpc) is 2.58. The van der Waals surface area contributed by atoms with Gasteiger partial charge in [0.25, 0.3) is 10.0 Å². The molecule has 0 heterocycles. The Kier molecular flexibility index (Phi) is 7.49. The second kappa shape index (κ2) is 9.21. The predicted octanol–water partition coefficient (Wildman–Crippen LogP) is 5.48. The molecule has 7 heteroatoms. The van der Waals surface area contributed by atoms with E-state index < -0.39 is 15.6 Å². The molecule has 2 aromatic rings. The highest BCUT2D eigenvalue weighted by molar-refractivity contribution is 7.92. The van der Waals surface area contributed by atoms with E-state index >= 15 is 0 Å². The lowest BCUT2D eigenvalue weighted by atomic mass is 9.82. The summed E-state index contributed by atoms with van der Waals surface area (Å²) in [4.78, 5) is 13.1. The van der Waals surface area contributed by atoms with Crippen LogP contribution in [0.4, 0.5) is 5.69 Å². The number of nitrogens with zero attached hydrogens (tertiary/aromatic N) is 1. The summed E-state index contributed by atoms with van der Waals surface area (Å²) >= 11 is 6.08. The van der Waals surface area contributed by atoms with Crippen LogP contribution in [-0.2, 0) is 14.8 Å². The molecule has 0 aliphatic rings. The molecule has 1 N–H and O–H groups in total. The Hall–Kier alpha value is -2.05. The Bertz CT molecular complexity index is 1040. The van der Waals surface area contributed by atoms with Crippen molar-refractivity contribution in [1.82, 2.24) is 5.32 Å². The second-order valence-electron chi connectivity index (χ2n) is 9.93. The highest BCUT2D eigenvalue weighted by Crippen LogP contribution is 2.30. The first kappa shape index (κ1) is 25.2. The van der Waals surface area contributed by atoms with Gasteiger partial charge in [0.1, 0.15) is 6.54 Å². The molecule has 0 aromatic heterocycles. The number of carbonyl (C=O) groups excluding carboxylic acids is 1. The number of carbonyl (C=O) groups is 1. The minimum Gasteiger partial charge on any atom is -0.350 e. The maximum absolute atomic E-state index is 13.5. The van der Waals surface area contributed by atoms with Crippen molar-refractivity contribution in [2.45, 2.75) is 65.3 Å². The third kappa shape index (κ3) is 6.97. The van der Waals surface area contributed by atoms with Crippen molar-refractivity contribution in [3.63, 3.8) is 0 Å². The van der Waals surface area contributed by atoms with Crippen LogP contribution in [0.5, 0.6) is 0 Å². The Morgan fingerprint density at radius 3 is 2.10 bits per heavy atom. The van der Waals surface area contributed by atoms with Gasteiger partial charge in [0.2, 0.25) is 5.91 Å². The van der Waals surface area contributed by atoms with Crippen LogP contribution in [0.2, 0.25) is 5.02 Å². The molecule has 0 aliphatic heterocycles. The fourth-order valence-electron chi connectivity index (χ4n) is 3.95. The number of benzene rings is 2. The fourth-order valence-corrected chi connectivity index (χ4v) is 5.67. The summed E-state index contributed by atoms with van der Waals surface area (Å²) in [5.74, 6) is -0.362. The van der Waals surface area contributed by atoms with Crippen LogP contribution < -0.4 is 9.62 Å². The molecule has 0 saturated heterocycles. The normalized spacial score (nSPS) is 12.5. The SMILES string of the molecule is Cc1ccc(S(=O)(=O)N(CC(=O)NC(C)(C)CC(C)(C)C)c2ccc(Cl)cc2C)cc1. The number of hydrogen-bond acceptors (Lipinski definition) is 3. The Morgan fingerprint density at radius 2 is 1.58 bits per heavy atom. The Labute approximate surface area is 191 Å². The number of sulfonamides is 1.